The Bertz CT molecular complexity index is 337. The molecule has 1 fully saturated rings. The Hall–Kier alpha value is -1.20. The molecule has 1 saturated heterocycles. The maximum absolute atomic E-state index is 5.71. The highest BCUT2D eigenvalue weighted by atomic mass is 15.3. The number of hydrogen-bond acceptors (Lipinski definition) is 5. The molecule has 0 amide bonds. The van der Waals surface area contributed by atoms with Gasteiger partial charge in [0.1, 0.15) is 11.6 Å². The summed E-state index contributed by atoms with van der Waals surface area (Å²) in [6.45, 7) is 7.13. The second kappa shape index (κ2) is 4.76. The van der Waals surface area contributed by atoms with E-state index in [1.165, 1.54) is 0 Å². The fourth-order valence-electron chi connectivity index (χ4n) is 1.93. The number of nitrogens with zero attached hydrogens (tertiary/aromatic N) is 4. The fraction of sp³-hybridized carbons (Fsp3) is 0.636. The zero-order valence-electron chi connectivity index (χ0n) is 9.98. The highest BCUT2D eigenvalue weighted by molar-refractivity contribution is 5.29. The van der Waals surface area contributed by atoms with Crippen LogP contribution in [0, 0.1) is 6.92 Å². The van der Waals surface area contributed by atoms with Gasteiger partial charge in [-0.25, -0.2) is 9.97 Å². The Kier molecular flexibility index (Phi) is 3.36. The van der Waals surface area contributed by atoms with Crippen molar-refractivity contribution in [3.63, 3.8) is 0 Å². The summed E-state index contributed by atoms with van der Waals surface area (Å²) in [5.74, 6) is 1.40. The predicted molar refractivity (Wildman–Crippen MR) is 64.0 cm³/mol. The largest absolute Gasteiger partial charge is 0.384 e. The third kappa shape index (κ3) is 2.90. The molecule has 1 aromatic heterocycles. The molecule has 2 heterocycles. The average Bonchev–Trinajstić information content (AvgIpc) is 2.20. The summed E-state index contributed by atoms with van der Waals surface area (Å²) >= 11 is 0. The molecule has 0 spiro atoms. The van der Waals surface area contributed by atoms with Gasteiger partial charge in [0.25, 0.3) is 0 Å². The Labute approximate surface area is 96.3 Å². The van der Waals surface area contributed by atoms with E-state index in [0.717, 1.165) is 44.2 Å². The SMILES string of the molecule is Cc1cc(N)nc(CN2CCN(C)CC2)n1. The maximum atomic E-state index is 5.71. The van der Waals surface area contributed by atoms with E-state index in [9.17, 15) is 0 Å². The number of nitrogen functional groups attached to an aromatic ring is 1. The topological polar surface area (TPSA) is 58.3 Å². The van der Waals surface area contributed by atoms with Gasteiger partial charge in [0.05, 0.1) is 6.54 Å². The van der Waals surface area contributed by atoms with Crippen molar-refractivity contribution in [2.45, 2.75) is 13.5 Å². The van der Waals surface area contributed by atoms with Gasteiger partial charge in [0, 0.05) is 37.9 Å². The van der Waals surface area contributed by atoms with E-state index in [-0.39, 0.29) is 0 Å². The van der Waals surface area contributed by atoms with Crippen molar-refractivity contribution in [3.8, 4) is 0 Å². The summed E-state index contributed by atoms with van der Waals surface area (Å²) in [5.41, 5.74) is 6.65. The van der Waals surface area contributed by atoms with E-state index in [0.29, 0.717) is 5.82 Å². The Balaban J connectivity index is 1.98. The molecule has 1 aliphatic rings. The summed E-state index contributed by atoms with van der Waals surface area (Å²) in [5, 5.41) is 0. The second-order valence-electron chi connectivity index (χ2n) is 4.43. The number of rotatable bonds is 2. The van der Waals surface area contributed by atoms with Crippen molar-refractivity contribution in [3.05, 3.63) is 17.6 Å². The first kappa shape index (κ1) is 11.3. The van der Waals surface area contributed by atoms with Crippen LogP contribution in [0.1, 0.15) is 11.5 Å². The van der Waals surface area contributed by atoms with E-state index < -0.39 is 0 Å². The highest BCUT2D eigenvalue weighted by Crippen LogP contribution is 2.07. The number of aromatic nitrogens is 2. The first-order valence-corrected chi connectivity index (χ1v) is 5.64. The van der Waals surface area contributed by atoms with Crippen LogP contribution < -0.4 is 5.73 Å². The van der Waals surface area contributed by atoms with Gasteiger partial charge in [-0.15, -0.1) is 0 Å². The van der Waals surface area contributed by atoms with E-state index >= 15 is 0 Å². The lowest BCUT2D eigenvalue weighted by Gasteiger charge is -2.31. The van der Waals surface area contributed by atoms with Crippen LogP contribution in [0.2, 0.25) is 0 Å². The van der Waals surface area contributed by atoms with Crippen molar-refractivity contribution >= 4 is 5.82 Å². The minimum atomic E-state index is 0.566. The smallest absolute Gasteiger partial charge is 0.144 e. The van der Waals surface area contributed by atoms with E-state index in [4.69, 9.17) is 5.73 Å². The minimum Gasteiger partial charge on any atom is -0.384 e. The van der Waals surface area contributed by atoms with Gasteiger partial charge in [-0.1, -0.05) is 0 Å². The van der Waals surface area contributed by atoms with Crippen molar-refractivity contribution < 1.29 is 0 Å². The van der Waals surface area contributed by atoms with Crippen molar-refractivity contribution in [2.24, 2.45) is 0 Å². The molecule has 1 aromatic rings. The standard InChI is InChI=1S/C11H19N5/c1-9-7-10(12)14-11(13-9)8-16-5-3-15(2)4-6-16/h7H,3-6,8H2,1-2H3,(H2,12,13,14). The van der Waals surface area contributed by atoms with Gasteiger partial charge >= 0.3 is 0 Å². The summed E-state index contributed by atoms with van der Waals surface area (Å²) in [6, 6.07) is 1.80. The summed E-state index contributed by atoms with van der Waals surface area (Å²) in [7, 11) is 2.15. The molecule has 1 aliphatic heterocycles. The third-order valence-corrected chi connectivity index (χ3v) is 2.88. The molecule has 88 valence electrons. The normalized spacial score (nSPS) is 18.9. The van der Waals surface area contributed by atoms with Crippen molar-refractivity contribution in [1.29, 1.82) is 0 Å². The number of hydrogen-bond donors (Lipinski definition) is 1. The number of likely N-dealkylation sites (N-methyl/N-ethyl adjacent to an activating group) is 1. The van der Waals surface area contributed by atoms with Crippen molar-refractivity contribution in [1.82, 2.24) is 19.8 Å². The van der Waals surface area contributed by atoms with Gasteiger partial charge in [-0.05, 0) is 14.0 Å². The zero-order valence-corrected chi connectivity index (χ0v) is 9.98. The number of aryl methyl sites for hydroxylation is 1. The van der Waals surface area contributed by atoms with Gasteiger partial charge in [-0.2, -0.15) is 0 Å². The van der Waals surface area contributed by atoms with Crippen LogP contribution in [-0.4, -0.2) is 53.0 Å². The first-order valence-electron chi connectivity index (χ1n) is 5.64. The molecule has 2 rings (SSSR count). The first-order chi connectivity index (χ1) is 7.63. The molecule has 0 bridgehead atoms. The monoisotopic (exact) mass is 221 g/mol. The summed E-state index contributed by atoms with van der Waals surface area (Å²) in [6.07, 6.45) is 0. The molecule has 0 aromatic carbocycles. The van der Waals surface area contributed by atoms with Crippen LogP contribution in [0.25, 0.3) is 0 Å². The Morgan fingerprint density at radius 2 is 1.94 bits per heavy atom. The zero-order chi connectivity index (χ0) is 11.5. The molecule has 0 radical (unpaired) electrons. The number of piperazine rings is 1. The molecular formula is C11H19N5. The quantitative estimate of drug-likeness (QED) is 0.768. The van der Waals surface area contributed by atoms with E-state index in [2.05, 4.69) is 26.8 Å². The molecule has 5 heteroatoms. The molecule has 2 N–H and O–H groups in total. The lowest BCUT2D eigenvalue weighted by atomic mass is 10.3. The molecule has 0 atom stereocenters. The molecular weight excluding hydrogens is 202 g/mol. The lowest BCUT2D eigenvalue weighted by molar-refractivity contribution is 0.145. The van der Waals surface area contributed by atoms with Crippen LogP contribution in [0.4, 0.5) is 5.82 Å². The minimum absolute atomic E-state index is 0.566. The van der Waals surface area contributed by atoms with Crippen molar-refractivity contribution in [2.75, 3.05) is 39.0 Å². The summed E-state index contributed by atoms with van der Waals surface area (Å²) in [4.78, 5) is 13.4. The van der Waals surface area contributed by atoms with Crippen LogP contribution in [-0.2, 0) is 6.54 Å². The maximum Gasteiger partial charge on any atom is 0.144 e. The second-order valence-corrected chi connectivity index (χ2v) is 4.43. The predicted octanol–water partition coefficient (Wildman–Crippen LogP) is 0.115. The number of nitrogens with two attached hydrogens (primary N) is 1. The Morgan fingerprint density at radius 1 is 1.25 bits per heavy atom. The van der Waals surface area contributed by atoms with Gasteiger partial charge in [0.2, 0.25) is 0 Å². The van der Waals surface area contributed by atoms with Crippen LogP contribution >= 0.6 is 0 Å². The summed E-state index contributed by atoms with van der Waals surface area (Å²) < 4.78 is 0. The van der Waals surface area contributed by atoms with Crippen LogP contribution in [0.15, 0.2) is 6.07 Å². The lowest BCUT2D eigenvalue weighted by Crippen LogP contribution is -2.44. The van der Waals surface area contributed by atoms with Gasteiger partial charge < -0.3 is 10.6 Å². The fourth-order valence-corrected chi connectivity index (χ4v) is 1.93. The van der Waals surface area contributed by atoms with Crippen LogP contribution in [0.3, 0.4) is 0 Å². The Morgan fingerprint density at radius 3 is 2.56 bits per heavy atom. The molecule has 5 nitrogen and oxygen atoms in total. The van der Waals surface area contributed by atoms with E-state index in [1.54, 1.807) is 6.07 Å². The van der Waals surface area contributed by atoms with Gasteiger partial charge in [0.15, 0.2) is 0 Å². The van der Waals surface area contributed by atoms with Gasteiger partial charge in [-0.3, -0.25) is 4.90 Å². The molecule has 0 saturated carbocycles. The molecule has 0 aliphatic carbocycles. The number of anilines is 1. The average molecular weight is 221 g/mol. The molecule has 0 unspecified atom stereocenters. The highest BCUT2D eigenvalue weighted by Gasteiger charge is 2.15. The van der Waals surface area contributed by atoms with Crippen LogP contribution in [0.5, 0.6) is 0 Å². The molecule has 16 heavy (non-hydrogen) atoms. The van der Waals surface area contributed by atoms with E-state index in [1.807, 2.05) is 6.92 Å². The third-order valence-electron chi connectivity index (χ3n) is 2.88.